The standard InChI is InChI=1S/C40H45N3O17S3/c1-39(13-5-19-61(50,51)52)28-20-24(62(53,54)55)8-10-31(28)42(16-17-44)32(39)22-26-37(48)27(38(26)49)23-33-40(2,14-18-59-3)29-21-25(63(56,57)58)7-9-30(29)41(33)15-4-6-36(47)60-43-34(45)11-12-35(43)46/h7-10,20-23,44H,4-6,11-19H2,1-3H3,(H3-,48,49,50,51,52,53,54,55,56,57,58)/p+1. The molecule has 3 heterocycles. The van der Waals surface area contributed by atoms with Crippen LogP contribution in [0.4, 0.5) is 11.4 Å². The Bertz CT molecular complexity index is 2760. The molecule has 1 saturated heterocycles. The molecule has 6 rings (SSSR count). The van der Waals surface area contributed by atoms with Gasteiger partial charge in [0, 0.05) is 74.0 Å². The third-order valence-corrected chi connectivity index (χ3v) is 14.3. The van der Waals surface area contributed by atoms with E-state index in [0.717, 1.165) is 6.07 Å². The summed E-state index contributed by atoms with van der Waals surface area (Å²) in [5.74, 6) is -4.05. The minimum Gasteiger partial charge on any atom is -0.506 e. The molecule has 4 aliphatic rings. The van der Waals surface area contributed by atoms with Gasteiger partial charge < -0.3 is 24.7 Å². The lowest BCUT2D eigenvalue weighted by Gasteiger charge is -2.32. The third-order valence-electron chi connectivity index (χ3n) is 11.7. The molecule has 3 aliphatic heterocycles. The number of aliphatic hydroxyl groups excluding tert-OH is 2. The number of nitrogens with zero attached hydrogens (tertiary/aromatic N) is 3. The molecule has 63 heavy (non-hydrogen) atoms. The summed E-state index contributed by atoms with van der Waals surface area (Å²) in [6.07, 6.45) is 2.27. The highest BCUT2D eigenvalue weighted by Crippen LogP contribution is 2.52. The summed E-state index contributed by atoms with van der Waals surface area (Å²) in [4.78, 5) is 56.8. The van der Waals surface area contributed by atoms with Gasteiger partial charge in [0.25, 0.3) is 42.2 Å². The van der Waals surface area contributed by atoms with Crippen molar-refractivity contribution in [2.75, 3.05) is 44.1 Å². The fraction of sp³-hybridized carbons (Fsp3) is 0.425. The Morgan fingerprint density at radius 1 is 0.857 bits per heavy atom. The zero-order valence-corrected chi connectivity index (χ0v) is 36.8. The first-order chi connectivity index (χ1) is 29.4. The number of ether oxygens (including phenoxy) is 1. The molecule has 2 unspecified atom stereocenters. The average Bonchev–Trinajstić information content (AvgIpc) is 3.73. The fourth-order valence-electron chi connectivity index (χ4n) is 8.50. The summed E-state index contributed by atoms with van der Waals surface area (Å²) >= 11 is 0. The van der Waals surface area contributed by atoms with Crippen LogP contribution in [0.2, 0.25) is 0 Å². The number of Topliss-reactive ketones (excluding diaryl/α,β-unsaturated/α-hetero) is 1. The highest BCUT2D eigenvalue weighted by atomic mass is 32.2. The topological polar surface area (TPSA) is 300 Å². The van der Waals surface area contributed by atoms with Crippen molar-refractivity contribution in [3.63, 3.8) is 0 Å². The first-order valence-electron chi connectivity index (χ1n) is 19.6. The monoisotopic (exact) mass is 936 g/mol. The van der Waals surface area contributed by atoms with Crippen LogP contribution >= 0.6 is 0 Å². The van der Waals surface area contributed by atoms with Gasteiger partial charge in [0.05, 0.1) is 32.1 Å². The average molecular weight is 937 g/mol. The van der Waals surface area contributed by atoms with Crippen molar-refractivity contribution in [2.24, 2.45) is 0 Å². The molecular formula is C40H46N3O17S3+. The van der Waals surface area contributed by atoms with Gasteiger partial charge in [-0.15, -0.1) is 5.06 Å². The Hall–Kier alpha value is -5.14. The number of benzene rings is 2. The number of hydroxylamine groups is 2. The molecule has 5 N–H and O–H groups in total. The van der Waals surface area contributed by atoms with E-state index in [1.54, 1.807) is 23.3 Å². The van der Waals surface area contributed by atoms with Gasteiger partial charge in [0.15, 0.2) is 12.3 Å². The summed E-state index contributed by atoms with van der Waals surface area (Å²) in [7, 11) is -12.4. The molecule has 0 spiro atoms. The summed E-state index contributed by atoms with van der Waals surface area (Å²) < 4.78 is 109. The molecule has 0 aromatic heterocycles. The molecule has 2 aromatic carbocycles. The van der Waals surface area contributed by atoms with Crippen molar-refractivity contribution in [1.29, 1.82) is 0 Å². The third kappa shape index (κ3) is 9.27. The summed E-state index contributed by atoms with van der Waals surface area (Å²) in [5.41, 5.74) is -0.827. The van der Waals surface area contributed by atoms with Crippen LogP contribution in [0.15, 0.2) is 80.9 Å². The number of amides is 2. The summed E-state index contributed by atoms with van der Waals surface area (Å²) in [5, 5.41) is 22.2. The van der Waals surface area contributed by atoms with Gasteiger partial charge in [-0.05, 0) is 81.5 Å². The maximum Gasteiger partial charge on any atom is 0.333 e. The Morgan fingerprint density at radius 3 is 2.05 bits per heavy atom. The zero-order chi connectivity index (χ0) is 46.4. The Morgan fingerprint density at radius 2 is 1.48 bits per heavy atom. The molecule has 0 radical (unpaired) electrons. The number of β-amino-alcohol motifs (C(OH)–C–C–N with tert-alkyl or cyclic N) is 1. The van der Waals surface area contributed by atoms with Crippen LogP contribution in [0.5, 0.6) is 0 Å². The second-order valence-electron chi connectivity index (χ2n) is 15.8. The van der Waals surface area contributed by atoms with Gasteiger partial charge >= 0.3 is 5.97 Å². The molecule has 20 nitrogen and oxygen atoms in total. The Labute approximate surface area is 363 Å². The first kappa shape index (κ1) is 47.3. The van der Waals surface area contributed by atoms with E-state index >= 15 is 0 Å². The predicted molar refractivity (Wildman–Crippen MR) is 221 cm³/mol. The van der Waals surface area contributed by atoms with Crippen molar-refractivity contribution in [3.05, 3.63) is 82.3 Å². The summed E-state index contributed by atoms with van der Waals surface area (Å²) in [6, 6.07) is 7.58. The van der Waals surface area contributed by atoms with Crippen LogP contribution in [0.25, 0.3) is 0 Å². The zero-order valence-electron chi connectivity index (χ0n) is 34.3. The quantitative estimate of drug-likeness (QED) is 0.0621. The Kier molecular flexibility index (Phi) is 13.1. The van der Waals surface area contributed by atoms with Crippen molar-refractivity contribution >= 4 is 71.0 Å². The smallest absolute Gasteiger partial charge is 0.333 e. The SMILES string of the molecule is COCCC1(C)/C(=C\C2=C(O)C(=C/C3=[N+](CCO)c4ccc(S(=O)(=O)O)cc4C3(C)CCCS(=O)(=O)O)/C2=O)N(CCCC(=O)ON2C(=O)CCC2=O)c2ccc(S(=O)(=O)O)cc21. The van der Waals surface area contributed by atoms with Crippen molar-refractivity contribution in [2.45, 2.75) is 79.4 Å². The number of methoxy groups -OCH3 is 1. The molecule has 23 heteroatoms. The highest BCUT2D eigenvalue weighted by Gasteiger charge is 2.50. The minimum absolute atomic E-state index is 0.0221. The molecule has 0 saturated carbocycles. The minimum atomic E-state index is -4.73. The molecule has 1 fully saturated rings. The number of fused-ring (bicyclic) bond motifs is 2. The molecule has 0 bridgehead atoms. The Balaban J connectivity index is 1.44. The van der Waals surface area contributed by atoms with Crippen LogP contribution < -0.4 is 4.90 Å². The van der Waals surface area contributed by atoms with Crippen molar-refractivity contribution in [1.82, 2.24) is 5.06 Å². The lowest BCUT2D eigenvalue weighted by Crippen LogP contribution is -2.35. The maximum absolute atomic E-state index is 14.2. The van der Waals surface area contributed by atoms with Gasteiger partial charge in [-0.2, -0.15) is 29.8 Å². The van der Waals surface area contributed by atoms with E-state index in [0.29, 0.717) is 27.7 Å². The second-order valence-corrected chi connectivity index (χ2v) is 20.3. The van der Waals surface area contributed by atoms with E-state index in [1.165, 1.54) is 49.6 Å². The lowest BCUT2D eigenvalue weighted by molar-refractivity contribution is -0.441. The van der Waals surface area contributed by atoms with E-state index in [-0.39, 0.29) is 87.1 Å². The van der Waals surface area contributed by atoms with Crippen LogP contribution in [0.3, 0.4) is 0 Å². The molecule has 2 atom stereocenters. The molecule has 2 aromatic rings. The van der Waals surface area contributed by atoms with E-state index in [4.69, 9.17) is 9.57 Å². The number of carbonyl (C=O) groups is 4. The van der Waals surface area contributed by atoms with Crippen molar-refractivity contribution in [3.8, 4) is 0 Å². The predicted octanol–water partition coefficient (Wildman–Crippen LogP) is 2.60. The molecule has 2 amide bonds. The number of hydrogen-bond acceptors (Lipinski definition) is 15. The number of ketones is 1. The fourth-order valence-corrected chi connectivity index (χ4v) is 10.0. The number of imide groups is 1. The second kappa shape index (κ2) is 17.4. The number of allylic oxidation sites excluding steroid dienone is 5. The largest absolute Gasteiger partial charge is 0.506 e. The van der Waals surface area contributed by atoms with Gasteiger partial charge in [-0.1, -0.05) is 0 Å². The van der Waals surface area contributed by atoms with Crippen LogP contribution in [0, 0.1) is 0 Å². The number of aliphatic hydroxyl groups is 2. The van der Waals surface area contributed by atoms with Gasteiger partial charge in [-0.3, -0.25) is 28.0 Å². The number of carbonyl (C=O) groups excluding carboxylic acids is 4. The van der Waals surface area contributed by atoms with E-state index in [2.05, 4.69) is 0 Å². The summed E-state index contributed by atoms with van der Waals surface area (Å²) in [6.45, 7) is 2.94. The number of rotatable bonds is 18. The van der Waals surface area contributed by atoms with E-state index in [1.807, 2.05) is 0 Å². The van der Waals surface area contributed by atoms with Crippen molar-refractivity contribution < 1.29 is 82.5 Å². The van der Waals surface area contributed by atoms with Gasteiger partial charge in [0.2, 0.25) is 11.5 Å². The van der Waals surface area contributed by atoms with Crippen LogP contribution in [0.1, 0.15) is 69.9 Å². The molecule has 340 valence electrons. The van der Waals surface area contributed by atoms with E-state index in [9.17, 15) is 68.3 Å². The van der Waals surface area contributed by atoms with Gasteiger partial charge in [0.1, 0.15) is 12.4 Å². The first-order valence-corrected chi connectivity index (χ1v) is 24.0. The van der Waals surface area contributed by atoms with E-state index < -0.39 is 92.7 Å². The van der Waals surface area contributed by atoms with Gasteiger partial charge in [-0.25, -0.2) is 4.79 Å². The molecule has 1 aliphatic carbocycles. The number of hydrogen-bond donors (Lipinski definition) is 5. The van der Waals surface area contributed by atoms with Crippen LogP contribution in [-0.4, -0.2) is 127 Å². The van der Waals surface area contributed by atoms with Crippen LogP contribution in [-0.2, 0) is 69.9 Å². The molecular weight excluding hydrogens is 891 g/mol. The number of anilines is 1. The highest BCUT2D eigenvalue weighted by molar-refractivity contribution is 7.86. The maximum atomic E-state index is 14.2. The normalized spacial score (nSPS) is 22.7. The lowest BCUT2D eigenvalue weighted by atomic mass is 9.73.